The molecule has 0 spiro atoms. The van der Waals surface area contributed by atoms with Gasteiger partial charge in [0.2, 0.25) is 5.91 Å². The van der Waals surface area contributed by atoms with E-state index in [1.807, 2.05) is 4.90 Å². The summed E-state index contributed by atoms with van der Waals surface area (Å²) in [5.41, 5.74) is 0.642. The summed E-state index contributed by atoms with van der Waals surface area (Å²) >= 11 is 0. The van der Waals surface area contributed by atoms with Crippen LogP contribution in [0.1, 0.15) is 6.92 Å². The van der Waals surface area contributed by atoms with E-state index in [-0.39, 0.29) is 16.5 Å². The van der Waals surface area contributed by atoms with Crippen molar-refractivity contribution in [2.24, 2.45) is 0 Å². The number of carbonyl (C=O) groups excluding carboxylic acids is 1. The third-order valence-corrected chi connectivity index (χ3v) is 3.66. The molecule has 1 aliphatic heterocycles. The Bertz CT molecular complexity index is 513. The summed E-state index contributed by atoms with van der Waals surface area (Å²) in [6.07, 6.45) is 0. The van der Waals surface area contributed by atoms with Gasteiger partial charge in [0.05, 0.1) is 4.92 Å². The SMILES string of the molecule is CC(=O)N1CCN(CCNc2ccccc2[N+](=O)[O-])CC1. The Hall–Kier alpha value is -2.15. The van der Waals surface area contributed by atoms with E-state index in [0.29, 0.717) is 12.2 Å². The Labute approximate surface area is 123 Å². The molecule has 1 heterocycles. The highest BCUT2D eigenvalue weighted by Gasteiger charge is 2.18. The molecule has 1 N–H and O–H groups in total. The van der Waals surface area contributed by atoms with Crippen molar-refractivity contribution in [3.8, 4) is 0 Å². The van der Waals surface area contributed by atoms with Crippen LogP contribution in [0.2, 0.25) is 0 Å². The molecule has 0 aliphatic carbocycles. The predicted octanol–water partition coefficient (Wildman–Crippen LogP) is 1.17. The first kappa shape index (κ1) is 15.2. The lowest BCUT2D eigenvalue weighted by atomic mass is 10.2. The molecule has 0 bridgehead atoms. The van der Waals surface area contributed by atoms with E-state index in [4.69, 9.17) is 0 Å². The smallest absolute Gasteiger partial charge is 0.292 e. The van der Waals surface area contributed by atoms with Gasteiger partial charge in [-0.2, -0.15) is 0 Å². The number of hydrogen-bond acceptors (Lipinski definition) is 5. The Kier molecular flexibility index (Phi) is 5.10. The van der Waals surface area contributed by atoms with Gasteiger partial charge in [-0.25, -0.2) is 0 Å². The molecule has 21 heavy (non-hydrogen) atoms. The van der Waals surface area contributed by atoms with Crippen molar-refractivity contribution in [3.05, 3.63) is 34.4 Å². The number of para-hydroxylation sites is 2. The van der Waals surface area contributed by atoms with Gasteiger partial charge < -0.3 is 10.2 Å². The van der Waals surface area contributed by atoms with Crippen molar-refractivity contribution in [2.45, 2.75) is 6.92 Å². The van der Waals surface area contributed by atoms with E-state index in [1.165, 1.54) is 6.07 Å². The van der Waals surface area contributed by atoms with Crippen molar-refractivity contribution in [3.63, 3.8) is 0 Å². The van der Waals surface area contributed by atoms with E-state index in [0.717, 1.165) is 32.7 Å². The molecule has 1 aliphatic rings. The molecular weight excluding hydrogens is 272 g/mol. The summed E-state index contributed by atoms with van der Waals surface area (Å²) in [5, 5.41) is 14.0. The molecule has 2 rings (SSSR count). The summed E-state index contributed by atoms with van der Waals surface area (Å²) < 4.78 is 0. The molecule has 0 aromatic heterocycles. The summed E-state index contributed by atoms with van der Waals surface area (Å²) in [5.74, 6) is 0.118. The van der Waals surface area contributed by atoms with Crippen molar-refractivity contribution >= 4 is 17.3 Å². The quantitative estimate of drug-likeness (QED) is 0.651. The third-order valence-electron chi connectivity index (χ3n) is 3.66. The van der Waals surface area contributed by atoms with Gasteiger partial charge in [0, 0.05) is 52.3 Å². The highest BCUT2D eigenvalue weighted by Crippen LogP contribution is 2.22. The average Bonchev–Trinajstić information content (AvgIpc) is 2.48. The van der Waals surface area contributed by atoms with Gasteiger partial charge in [0.15, 0.2) is 0 Å². The predicted molar refractivity (Wildman–Crippen MR) is 80.3 cm³/mol. The number of nitro groups is 1. The number of anilines is 1. The van der Waals surface area contributed by atoms with E-state index in [1.54, 1.807) is 25.1 Å². The minimum atomic E-state index is -0.381. The van der Waals surface area contributed by atoms with Crippen molar-refractivity contribution < 1.29 is 9.72 Å². The number of piperazine rings is 1. The number of nitrogens with one attached hydrogen (secondary N) is 1. The van der Waals surface area contributed by atoms with Gasteiger partial charge in [-0.15, -0.1) is 0 Å². The summed E-state index contributed by atoms with van der Waals surface area (Å²) in [6.45, 7) is 6.23. The zero-order chi connectivity index (χ0) is 15.2. The zero-order valence-corrected chi connectivity index (χ0v) is 12.1. The largest absolute Gasteiger partial charge is 0.378 e. The number of carbonyl (C=O) groups is 1. The fourth-order valence-corrected chi connectivity index (χ4v) is 2.42. The van der Waals surface area contributed by atoms with Gasteiger partial charge >= 0.3 is 0 Å². The molecule has 7 heteroatoms. The average molecular weight is 292 g/mol. The van der Waals surface area contributed by atoms with Crippen LogP contribution in [0.15, 0.2) is 24.3 Å². The Morgan fingerprint density at radius 3 is 2.57 bits per heavy atom. The zero-order valence-electron chi connectivity index (χ0n) is 12.1. The second-order valence-corrected chi connectivity index (χ2v) is 5.05. The van der Waals surface area contributed by atoms with Crippen LogP contribution in [-0.4, -0.2) is 59.9 Å². The lowest BCUT2D eigenvalue weighted by molar-refractivity contribution is -0.384. The molecule has 0 saturated carbocycles. The summed E-state index contributed by atoms with van der Waals surface area (Å²) in [6, 6.07) is 6.64. The van der Waals surface area contributed by atoms with Crippen LogP contribution < -0.4 is 5.32 Å². The Balaban J connectivity index is 1.78. The Morgan fingerprint density at radius 2 is 1.95 bits per heavy atom. The maximum Gasteiger partial charge on any atom is 0.292 e. The van der Waals surface area contributed by atoms with Crippen LogP contribution in [-0.2, 0) is 4.79 Å². The number of nitro benzene ring substituents is 1. The first-order valence-electron chi connectivity index (χ1n) is 7.03. The maximum atomic E-state index is 11.2. The molecule has 1 aromatic carbocycles. The number of benzene rings is 1. The number of rotatable bonds is 5. The van der Waals surface area contributed by atoms with Crippen LogP contribution in [0.25, 0.3) is 0 Å². The number of nitrogens with zero attached hydrogens (tertiary/aromatic N) is 3. The minimum absolute atomic E-state index is 0.0962. The summed E-state index contributed by atoms with van der Waals surface area (Å²) in [7, 11) is 0. The molecule has 7 nitrogen and oxygen atoms in total. The third kappa shape index (κ3) is 4.16. The van der Waals surface area contributed by atoms with E-state index in [9.17, 15) is 14.9 Å². The first-order valence-corrected chi connectivity index (χ1v) is 7.03. The standard InChI is InChI=1S/C14H20N4O3/c1-12(19)17-10-8-16(9-11-17)7-6-15-13-4-2-3-5-14(13)18(20)21/h2-5,15H,6-11H2,1H3. The van der Waals surface area contributed by atoms with Crippen LogP contribution in [0, 0.1) is 10.1 Å². The fraction of sp³-hybridized carbons (Fsp3) is 0.500. The highest BCUT2D eigenvalue weighted by atomic mass is 16.6. The molecule has 1 fully saturated rings. The molecule has 1 aromatic rings. The van der Waals surface area contributed by atoms with Gasteiger partial charge in [-0.3, -0.25) is 19.8 Å². The van der Waals surface area contributed by atoms with Gasteiger partial charge in [0.25, 0.3) is 5.69 Å². The molecule has 1 saturated heterocycles. The number of amides is 1. The van der Waals surface area contributed by atoms with Crippen LogP contribution in [0.4, 0.5) is 11.4 Å². The topological polar surface area (TPSA) is 78.7 Å². The molecule has 1 amide bonds. The van der Waals surface area contributed by atoms with E-state index < -0.39 is 0 Å². The molecule has 0 atom stereocenters. The van der Waals surface area contributed by atoms with Crippen molar-refractivity contribution in [1.29, 1.82) is 0 Å². The van der Waals surface area contributed by atoms with Crippen molar-refractivity contribution in [1.82, 2.24) is 9.80 Å². The first-order chi connectivity index (χ1) is 10.1. The molecule has 114 valence electrons. The summed E-state index contributed by atoms with van der Waals surface area (Å²) in [4.78, 5) is 25.9. The fourth-order valence-electron chi connectivity index (χ4n) is 2.42. The van der Waals surface area contributed by atoms with Crippen LogP contribution >= 0.6 is 0 Å². The van der Waals surface area contributed by atoms with Crippen LogP contribution in [0.5, 0.6) is 0 Å². The maximum absolute atomic E-state index is 11.2. The second-order valence-electron chi connectivity index (χ2n) is 5.05. The second kappa shape index (κ2) is 7.03. The van der Waals surface area contributed by atoms with Crippen LogP contribution in [0.3, 0.4) is 0 Å². The van der Waals surface area contributed by atoms with Gasteiger partial charge in [-0.1, -0.05) is 12.1 Å². The van der Waals surface area contributed by atoms with E-state index in [2.05, 4.69) is 10.2 Å². The molecular formula is C14H20N4O3. The minimum Gasteiger partial charge on any atom is -0.378 e. The Morgan fingerprint density at radius 1 is 1.29 bits per heavy atom. The highest BCUT2D eigenvalue weighted by molar-refractivity contribution is 5.73. The lowest BCUT2D eigenvalue weighted by Gasteiger charge is -2.34. The van der Waals surface area contributed by atoms with Gasteiger partial charge in [-0.05, 0) is 6.07 Å². The molecule has 0 unspecified atom stereocenters. The monoisotopic (exact) mass is 292 g/mol. The van der Waals surface area contributed by atoms with Gasteiger partial charge in [0.1, 0.15) is 5.69 Å². The molecule has 0 radical (unpaired) electrons. The number of hydrogen-bond donors (Lipinski definition) is 1. The normalized spacial score (nSPS) is 15.8. The lowest BCUT2D eigenvalue weighted by Crippen LogP contribution is -2.49. The van der Waals surface area contributed by atoms with E-state index >= 15 is 0 Å². The van der Waals surface area contributed by atoms with Crippen molar-refractivity contribution in [2.75, 3.05) is 44.6 Å².